The summed E-state index contributed by atoms with van der Waals surface area (Å²) in [5, 5.41) is 12.8. The van der Waals surface area contributed by atoms with Crippen LogP contribution in [-0.2, 0) is 0 Å². The Morgan fingerprint density at radius 2 is 1.57 bits per heavy atom. The standard InChI is InChI=1S/C23H23NO6/c1-2-21(26)16-5-9-19(10-6-16)29-14-18(25)15-30-20-11-7-17(8-12-20)24-23(27)22-4-3-13-28-22/h3-13,18,25H,2,14-15H2,1H3,(H,24,27). The Hall–Kier alpha value is -3.58. The SMILES string of the molecule is CCC(=O)c1ccc(OCC(O)COc2ccc(NC(=O)c3ccco3)cc2)cc1. The highest BCUT2D eigenvalue weighted by Gasteiger charge is 2.10. The fraction of sp³-hybridized carbons (Fsp3) is 0.217. The molecule has 30 heavy (non-hydrogen) atoms. The minimum absolute atomic E-state index is 0.0461. The molecule has 0 radical (unpaired) electrons. The van der Waals surface area contributed by atoms with Gasteiger partial charge in [0.1, 0.15) is 30.8 Å². The van der Waals surface area contributed by atoms with Gasteiger partial charge in [0.05, 0.1) is 6.26 Å². The van der Waals surface area contributed by atoms with E-state index in [4.69, 9.17) is 13.9 Å². The second-order valence-electron chi connectivity index (χ2n) is 6.53. The number of Topliss-reactive ketones (excluding diaryl/α,β-unsaturated/α-hetero) is 1. The zero-order valence-corrected chi connectivity index (χ0v) is 16.5. The van der Waals surface area contributed by atoms with Crippen molar-refractivity contribution in [2.45, 2.75) is 19.4 Å². The van der Waals surface area contributed by atoms with Crippen LogP contribution >= 0.6 is 0 Å². The maximum Gasteiger partial charge on any atom is 0.291 e. The molecule has 0 saturated heterocycles. The molecule has 1 amide bonds. The van der Waals surface area contributed by atoms with Crippen LogP contribution in [0.25, 0.3) is 0 Å². The highest BCUT2D eigenvalue weighted by Crippen LogP contribution is 2.17. The molecule has 2 aromatic carbocycles. The number of anilines is 1. The molecule has 0 aliphatic carbocycles. The zero-order chi connectivity index (χ0) is 21.3. The van der Waals surface area contributed by atoms with Crippen LogP contribution in [-0.4, -0.2) is 36.1 Å². The van der Waals surface area contributed by atoms with Crippen LogP contribution < -0.4 is 14.8 Å². The average molecular weight is 409 g/mol. The average Bonchev–Trinajstić information content (AvgIpc) is 3.32. The topological polar surface area (TPSA) is 98.0 Å². The van der Waals surface area contributed by atoms with Crippen molar-refractivity contribution >= 4 is 17.4 Å². The number of carbonyl (C=O) groups is 2. The second kappa shape index (κ2) is 10.3. The number of rotatable bonds is 10. The first-order chi connectivity index (χ1) is 14.5. The minimum Gasteiger partial charge on any atom is -0.491 e. The van der Waals surface area contributed by atoms with Crippen molar-refractivity contribution in [3.8, 4) is 11.5 Å². The van der Waals surface area contributed by atoms with Crippen LogP contribution in [0.15, 0.2) is 71.3 Å². The number of furan rings is 1. The maximum absolute atomic E-state index is 11.9. The number of hydrogen-bond acceptors (Lipinski definition) is 6. The third-order valence-electron chi connectivity index (χ3n) is 4.24. The van der Waals surface area contributed by atoms with E-state index in [-0.39, 0.29) is 30.7 Å². The van der Waals surface area contributed by atoms with Crippen molar-refractivity contribution in [2.24, 2.45) is 0 Å². The lowest BCUT2D eigenvalue weighted by Gasteiger charge is -2.14. The normalized spacial score (nSPS) is 11.5. The van der Waals surface area contributed by atoms with Crippen LogP contribution in [0.5, 0.6) is 11.5 Å². The summed E-state index contributed by atoms with van der Waals surface area (Å²) in [5.74, 6) is 1.07. The highest BCUT2D eigenvalue weighted by atomic mass is 16.5. The van der Waals surface area contributed by atoms with Crippen molar-refractivity contribution in [2.75, 3.05) is 18.5 Å². The lowest BCUT2D eigenvalue weighted by Crippen LogP contribution is -2.25. The van der Waals surface area contributed by atoms with Gasteiger partial charge in [-0.1, -0.05) is 6.92 Å². The maximum atomic E-state index is 11.9. The molecule has 1 atom stereocenters. The van der Waals surface area contributed by atoms with E-state index in [0.29, 0.717) is 29.2 Å². The number of hydrogen-bond donors (Lipinski definition) is 2. The predicted molar refractivity (Wildman–Crippen MR) is 111 cm³/mol. The summed E-state index contributed by atoms with van der Waals surface area (Å²) in [5.41, 5.74) is 1.23. The molecule has 3 rings (SSSR count). The molecule has 156 valence electrons. The van der Waals surface area contributed by atoms with Crippen molar-refractivity contribution in [1.82, 2.24) is 0 Å². The molecule has 2 N–H and O–H groups in total. The van der Waals surface area contributed by atoms with E-state index in [0.717, 1.165) is 0 Å². The molecular weight excluding hydrogens is 386 g/mol. The number of nitrogens with one attached hydrogen (secondary N) is 1. The fourth-order valence-electron chi connectivity index (χ4n) is 2.61. The van der Waals surface area contributed by atoms with Gasteiger partial charge in [-0.15, -0.1) is 0 Å². The molecule has 0 bridgehead atoms. The van der Waals surface area contributed by atoms with E-state index in [1.165, 1.54) is 6.26 Å². The van der Waals surface area contributed by atoms with Crippen LogP contribution in [0.2, 0.25) is 0 Å². The van der Waals surface area contributed by atoms with Gasteiger partial charge in [0, 0.05) is 17.7 Å². The number of ketones is 1. The predicted octanol–water partition coefficient (Wildman–Crippen LogP) is 3.94. The van der Waals surface area contributed by atoms with Gasteiger partial charge in [-0.3, -0.25) is 9.59 Å². The first-order valence-electron chi connectivity index (χ1n) is 9.57. The second-order valence-corrected chi connectivity index (χ2v) is 6.53. The van der Waals surface area contributed by atoms with Crippen molar-refractivity contribution in [3.05, 3.63) is 78.3 Å². The van der Waals surface area contributed by atoms with Crippen LogP contribution in [0, 0.1) is 0 Å². The van der Waals surface area contributed by atoms with Crippen molar-refractivity contribution in [1.29, 1.82) is 0 Å². The molecule has 7 heteroatoms. The van der Waals surface area contributed by atoms with E-state index in [2.05, 4.69) is 5.32 Å². The van der Waals surface area contributed by atoms with E-state index in [1.54, 1.807) is 60.7 Å². The lowest BCUT2D eigenvalue weighted by molar-refractivity contribution is 0.0626. The summed E-state index contributed by atoms with van der Waals surface area (Å²) in [6.45, 7) is 1.91. The Morgan fingerprint density at radius 1 is 0.967 bits per heavy atom. The molecule has 7 nitrogen and oxygen atoms in total. The number of ether oxygens (including phenoxy) is 2. The molecule has 1 unspecified atom stereocenters. The molecule has 0 aliphatic rings. The Balaban J connectivity index is 1.41. The summed E-state index contributed by atoms with van der Waals surface area (Å²) in [6, 6.07) is 16.8. The summed E-state index contributed by atoms with van der Waals surface area (Å²) in [6.07, 6.45) is 1.05. The van der Waals surface area contributed by atoms with Gasteiger partial charge < -0.3 is 24.3 Å². The van der Waals surface area contributed by atoms with Gasteiger partial charge in [-0.2, -0.15) is 0 Å². The van der Waals surface area contributed by atoms with Gasteiger partial charge in [-0.05, 0) is 60.7 Å². The number of aliphatic hydroxyl groups is 1. The summed E-state index contributed by atoms with van der Waals surface area (Å²) in [7, 11) is 0. The summed E-state index contributed by atoms with van der Waals surface area (Å²) >= 11 is 0. The van der Waals surface area contributed by atoms with Crippen LogP contribution in [0.1, 0.15) is 34.3 Å². The van der Waals surface area contributed by atoms with Gasteiger partial charge in [0.25, 0.3) is 5.91 Å². The fourth-order valence-corrected chi connectivity index (χ4v) is 2.61. The van der Waals surface area contributed by atoms with Gasteiger partial charge >= 0.3 is 0 Å². The minimum atomic E-state index is -0.833. The quantitative estimate of drug-likeness (QED) is 0.492. The number of carbonyl (C=O) groups excluding carboxylic acids is 2. The number of benzene rings is 2. The molecule has 0 fully saturated rings. The smallest absolute Gasteiger partial charge is 0.291 e. The Kier molecular flexibility index (Phi) is 7.24. The first kappa shape index (κ1) is 21.1. The van der Waals surface area contributed by atoms with Gasteiger partial charge in [-0.25, -0.2) is 0 Å². The molecule has 0 spiro atoms. The highest BCUT2D eigenvalue weighted by molar-refractivity contribution is 6.02. The molecule has 3 aromatic rings. The number of amides is 1. The number of aliphatic hydroxyl groups excluding tert-OH is 1. The largest absolute Gasteiger partial charge is 0.491 e. The molecule has 0 saturated carbocycles. The van der Waals surface area contributed by atoms with E-state index >= 15 is 0 Å². The lowest BCUT2D eigenvalue weighted by atomic mass is 10.1. The van der Waals surface area contributed by atoms with Crippen LogP contribution in [0.4, 0.5) is 5.69 Å². The monoisotopic (exact) mass is 409 g/mol. The van der Waals surface area contributed by atoms with Gasteiger partial charge in [0.15, 0.2) is 11.5 Å². The molecule has 1 heterocycles. The van der Waals surface area contributed by atoms with Crippen molar-refractivity contribution in [3.63, 3.8) is 0 Å². The van der Waals surface area contributed by atoms with Crippen molar-refractivity contribution < 1.29 is 28.6 Å². The van der Waals surface area contributed by atoms with E-state index < -0.39 is 6.10 Å². The third-order valence-corrected chi connectivity index (χ3v) is 4.24. The molecule has 1 aromatic heterocycles. The Morgan fingerprint density at radius 3 is 2.10 bits per heavy atom. The summed E-state index contributed by atoms with van der Waals surface area (Å²) < 4.78 is 16.1. The molecular formula is C23H23NO6. The molecule has 0 aliphatic heterocycles. The van der Waals surface area contributed by atoms with E-state index in [1.807, 2.05) is 6.92 Å². The Labute approximate surface area is 174 Å². The first-order valence-corrected chi connectivity index (χ1v) is 9.57. The Bertz CT molecular complexity index is 948. The zero-order valence-electron chi connectivity index (χ0n) is 16.5. The van der Waals surface area contributed by atoms with E-state index in [9.17, 15) is 14.7 Å². The van der Waals surface area contributed by atoms with Crippen LogP contribution in [0.3, 0.4) is 0 Å². The third kappa shape index (κ3) is 5.96. The van der Waals surface area contributed by atoms with Gasteiger partial charge in [0.2, 0.25) is 0 Å². The summed E-state index contributed by atoms with van der Waals surface area (Å²) in [4.78, 5) is 23.5.